The van der Waals surface area contributed by atoms with Gasteiger partial charge in [0.15, 0.2) is 10.8 Å². The molecule has 0 saturated carbocycles. The Bertz CT molecular complexity index is 760. The third-order valence-corrected chi connectivity index (χ3v) is 3.58. The van der Waals surface area contributed by atoms with Gasteiger partial charge in [-0.05, 0) is 5.56 Å². The number of alkyl halides is 3. The summed E-state index contributed by atoms with van der Waals surface area (Å²) in [5.41, 5.74) is 4.06. The Hall–Kier alpha value is -2.69. The van der Waals surface area contributed by atoms with Gasteiger partial charge in [-0.25, -0.2) is 4.98 Å². The van der Waals surface area contributed by atoms with E-state index in [9.17, 15) is 28.1 Å². The van der Waals surface area contributed by atoms with Gasteiger partial charge < -0.3 is 11.1 Å². The van der Waals surface area contributed by atoms with Crippen molar-refractivity contribution in [2.45, 2.75) is 12.7 Å². The highest BCUT2D eigenvalue weighted by Gasteiger charge is 2.39. The Morgan fingerprint density at radius 1 is 1.43 bits per heavy atom. The van der Waals surface area contributed by atoms with Crippen molar-refractivity contribution >= 4 is 28.1 Å². The molecule has 1 heterocycles. The number of benzene rings is 1. The smallest absolute Gasteiger partial charge is 0.375 e. The molecule has 11 heteroatoms. The number of halogens is 3. The second-order valence-electron chi connectivity index (χ2n) is 4.34. The fourth-order valence-corrected chi connectivity index (χ4v) is 2.49. The van der Waals surface area contributed by atoms with E-state index in [2.05, 4.69) is 10.3 Å². The highest BCUT2D eigenvalue weighted by molar-refractivity contribution is 7.17. The monoisotopic (exact) mass is 346 g/mol. The van der Waals surface area contributed by atoms with Crippen LogP contribution in [0.4, 0.5) is 24.0 Å². The zero-order valence-electron chi connectivity index (χ0n) is 11.3. The lowest BCUT2D eigenvalue weighted by Gasteiger charge is -2.07. The van der Waals surface area contributed by atoms with Gasteiger partial charge in [0.1, 0.15) is 4.88 Å². The first-order valence-electron chi connectivity index (χ1n) is 6.03. The van der Waals surface area contributed by atoms with E-state index in [0.717, 1.165) is 0 Å². The molecule has 0 bridgehead atoms. The van der Waals surface area contributed by atoms with Crippen LogP contribution in [0.3, 0.4) is 0 Å². The third kappa shape index (κ3) is 3.94. The molecule has 0 unspecified atom stereocenters. The van der Waals surface area contributed by atoms with Crippen molar-refractivity contribution in [3.63, 3.8) is 0 Å². The van der Waals surface area contributed by atoms with Crippen LogP contribution in [-0.4, -0.2) is 15.8 Å². The first-order chi connectivity index (χ1) is 10.7. The number of thiazole rings is 1. The van der Waals surface area contributed by atoms with E-state index in [0.29, 0.717) is 16.9 Å². The maximum Gasteiger partial charge on any atom is 0.435 e. The second kappa shape index (κ2) is 6.20. The highest BCUT2D eigenvalue weighted by atomic mass is 32.1. The molecule has 2 rings (SSSR count). The third-order valence-electron chi connectivity index (χ3n) is 2.69. The number of hydrogen-bond donors (Lipinski definition) is 2. The summed E-state index contributed by atoms with van der Waals surface area (Å²) >= 11 is 0.419. The maximum absolute atomic E-state index is 12.8. The van der Waals surface area contributed by atoms with Crippen molar-refractivity contribution in [3.05, 3.63) is 50.5 Å². The topological polar surface area (TPSA) is 111 Å². The van der Waals surface area contributed by atoms with Crippen LogP contribution in [0.25, 0.3) is 0 Å². The lowest BCUT2D eigenvalue weighted by atomic mass is 10.2. The fraction of sp³-hybridized carbons (Fsp3) is 0.167. The van der Waals surface area contributed by atoms with Crippen molar-refractivity contribution in [2.24, 2.45) is 0 Å². The molecular weight excluding hydrogens is 337 g/mol. The van der Waals surface area contributed by atoms with Gasteiger partial charge in [-0.3, -0.25) is 14.9 Å². The molecular formula is C12H9F3N4O3S. The van der Waals surface area contributed by atoms with Gasteiger partial charge in [0, 0.05) is 18.7 Å². The molecule has 1 aromatic heterocycles. The first kappa shape index (κ1) is 16.7. The number of aromatic nitrogens is 1. The first-order valence-corrected chi connectivity index (χ1v) is 6.85. The number of amides is 1. The number of hydrogen-bond acceptors (Lipinski definition) is 6. The molecule has 0 radical (unpaired) electrons. The highest BCUT2D eigenvalue weighted by Crippen LogP contribution is 2.35. The number of nitrogen functional groups attached to an aromatic ring is 1. The van der Waals surface area contributed by atoms with Crippen molar-refractivity contribution in [1.29, 1.82) is 0 Å². The summed E-state index contributed by atoms with van der Waals surface area (Å²) in [6.45, 7) is -0.171. The number of anilines is 1. The minimum Gasteiger partial charge on any atom is -0.375 e. The summed E-state index contributed by atoms with van der Waals surface area (Å²) in [6.07, 6.45) is -4.80. The number of nitro groups is 1. The lowest BCUT2D eigenvalue weighted by molar-refractivity contribution is -0.384. The minimum atomic E-state index is -4.80. The predicted molar refractivity (Wildman–Crippen MR) is 75.8 cm³/mol. The Morgan fingerprint density at radius 2 is 2.13 bits per heavy atom. The molecule has 0 atom stereocenters. The van der Waals surface area contributed by atoms with Crippen LogP contribution in [-0.2, 0) is 12.7 Å². The number of carbonyl (C=O) groups is 1. The maximum atomic E-state index is 12.8. The number of carbonyl (C=O) groups excluding carboxylic acids is 1. The summed E-state index contributed by atoms with van der Waals surface area (Å²) in [5.74, 6) is -1.00. The number of nitrogens with one attached hydrogen (secondary N) is 1. The van der Waals surface area contributed by atoms with E-state index in [1.165, 1.54) is 24.3 Å². The molecule has 0 aliphatic heterocycles. The van der Waals surface area contributed by atoms with E-state index in [1.54, 1.807) is 0 Å². The van der Waals surface area contributed by atoms with E-state index in [4.69, 9.17) is 5.73 Å². The fourth-order valence-electron chi connectivity index (χ4n) is 1.73. The normalized spacial score (nSPS) is 11.3. The Balaban J connectivity index is 2.15. The van der Waals surface area contributed by atoms with E-state index in [1.807, 2.05) is 0 Å². The number of nitrogens with zero attached hydrogens (tertiary/aromatic N) is 2. The summed E-state index contributed by atoms with van der Waals surface area (Å²) in [6, 6.07) is 5.38. The molecule has 0 saturated heterocycles. The Labute approximate surface area is 131 Å². The van der Waals surface area contributed by atoms with Crippen LogP contribution >= 0.6 is 11.3 Å². The molecule has 1 aromatic carbocycles. The van der Waals surface area contributed by atoms with E-state index < -0.39 is 27.6 Å². The van der Waals surface area contributed by atoms with Crippen LogP contribution in [0.15, 0.2) is 24.3 Å². The van der Waals surface area contributed by atoms with Crippen molar-refractivity contribution in [3.8, 4) is 0 Å². The molecule has 0 spiro atoms. The second-order valence-corrected chi connectivity index (χ2v) is 5.37. The molecule has 7 nitrogen and oxygen atoms in total. The van der Waals surface area contributed by atoms with Crippen molar-refractivity contribution in [2.75, 3.05) is 5.73 Å². The molecule has 1 amide bonds. The Morgan fingerprint density at radius 3 is 2.74 bits per heavy atom. The molecule has 0 fully saturated rings. The number of non-ortho nitro benzene ring substituents is 1. The van der Waals surface area contributed by atoms with Gasteiger partial charge in [0.2, 0.25) is 0 Å². The largest absolute Gasteiger partial charge is 0.435 e. The predicted octanol–water partition coefficient (Wildman–Crippen LogP) is 2.58. The number of nitro benzene ring substituents is 1. The quantitative estimate of drug-likeness (QED) is 0.653. The van der Waals surface area contributed by atoms with Crippen LogP contribution < -0.4 is 11.1 Å². The molecule has 23 heavy (non-hydrogen) atoms. The van der Waals surface area contributed by atoms with Crippen LogP contribution in [0, 0.1) is 10.1 Å². The molecule has 3 N–H and O–H groups in total. The van der Waals surface area contributed by atoms with Gasteiger partial charge in [0.25, 0.3) is 11.6 Å². The SMILES string of the molecule is Nc1nc(C(F)(F)F)c(C(=O)NCc2cccc([N+](=O)[O-])c2)s1. The van der Waals surface area contributed by atoms with Gasteiger partial charge in [-0.15, -0.1) is 0 Å². The number of rotatable bonds is 4. The average Bonchev–Trinajstić information content (AvgIpc) is 2.87. The van der Waals surface area contributed by atoms with E-state index in [-0.39, 0.29) is 17.4 Å². The molecule has 0 aliphatic carbocycles. The summed E-state index contributed by atoms with van der Waals surface area (Å²) in [7, 11) is 0. The average molecular weight is 346 g/mol. The van der Waals surface area contributed by atoms with E-state index >= 15 is 0 Å². The zero-order chi connectivity index (χ0) is 17.2. The van der Waals surface area contributed by atoms with Crippen molar-refractivity contribution < 1.29 is 22.9 Å². The lowest BCUT2D eigenvalue weighted by Crippen LogP contribution is -2.24. The minimum absolute atomic E-state index is 0.171. The Kier molecular flexibility index (Phi) is 4.50. The van der Waals surface area contributed by atoms with Gasteiger partial charge in [-0.2, -0.15) is 13.2 Å². The van der Waals surface area contributed by atoms with Gasteiger partial charge in [-0.1, -0.05) is 23.5 Å². The number of nitrogens with two attached hydrogens (primary N) is 1. The zero-order valence-corrected chi connectivity index (χ0v) is 12.1. The van der Waals surface area contributed by atoms with Crippen LogP contribution in [0.2, 0.25) is 0 Å². The summed E-state index contributed by atoms with van der Waals surface area (Å²) < 4.78 is 38.3. The molecule has 122 valence electrons. The molecule has 2 aromatic rings. The van der Waals surface area contributed by atoms with Crippen molar-refractivity contribution in [1.82, 2.24) is 10.3 Å². The van der Waals surface area contributed by atoms with Gasteiger partial charge >= 0.3 is 6.18 Å². The molecule has 0 aliphatic rings. The summed E-state index contributed by atoms with van der Waals surface area (Å²) in [5, 5.41) is 12.5. The summed E-state index contributed by atoms with van der Waals surface area (Å²) in [4.78, 5) is 24.4. The van der Waals surface area contributed by atoms with Gasteiger partial charge in [0.05, 0.1) is 4.92 Å². The standard InChI is InChI=1S/C12H9F3N4O3S/c13-12(14,15)9-8(23-11(16)18-9)10(20)17-5-6-2-1-3-7(4-6)19(21)22/h1-4H,5H2,(H2,16,18)(H,17,20). The van der Waals surface area contributed by atoms with Crippen LogP contribution in [0.5, 0.6) is 0 Å². The van der Waals surface area contributed by atoms with Crippen LogP contribution in [0.1, 0.15) is 20.9 Å².